The lowest BCUT2D eigenvalue weighted by Gasteiger charge is -2.34. The lowest BCUT2D eigenvalue weighted by molar-refractivity contribution is 0.0188. The fourth-order valence-corrected chi connectivity index (χ4v) is 4.27. The number of pyridine rings is 1. The Kier molecular flexibility index (Phi) is 5.77. The van der Waals surface area contributed by atoms with Gasteiger partial charge in [-0.15, -0.1) is 0 Å². The molecule has 2 aromatic rings. The standard InChI is InChI=1S/C22H30N4O4/c1-22(2,3)30-21(28)25-8-4-17(5-9-25)26-19(27)14-23-18-12-16(13-24-20(18)26)15-6-10-29-11-7-15/h12-15,17H,4-11H2,1-3H3. The minimum absolute atomic E-state index is 0.0110. The molecule has 4 heterocycles. The maximum Gasteiger partial charge on any atom is 0.410 e. The molecule has 2 aromatic heterocycles. The molecule has 0 aliphatic carbocycles. The van der Waals surface area contributed by atoms with Gasteiger partial charge in [0.05, 0.1) is 6.20 Å². The monoisotopic (exact) mass is 414 g/mol. The predicted molar refractivity (Wildman–Crippen MR) is 113 cm³/mol. The second kappa shape index (κ2) is 8.34. The van der Waals surface area contributed by atoms with Crippen LogP contribution in [0.25, 0.3) is 11.2 Å². The first-order valence-electron chi connectivity index (χ1n) is 10.7. The van der Waals surface area contributed by atoms with Crippen molar-refractivity contribution in [1.29, 1.82) is 0 Å². The number of ether oxygens (including phenoxy) is 2. The Balaban J connectivity index is 1.53. The highest BCUT2D eigenvalue weighted by molar-refractivity contribution is 5.71. The Bertz CT molecular complexity index is 967. The first-order chi connectivity index (χ1) is 14.3. The molecule has 0 bridgehead atoms. The van der Waals surface area contributed by atoms with Gasteiger partial charge in [0.15, 0.2) is 5.65 Å². The van der Waals surface area contributed by atoms with E-state index in [1.807, 2.05) is 27.0 Å². The molecule has 0 spiro atoms. The fraction of sp³-hybridized carbons (Fsp3) is 0.636. The molecule has 1 amide bonds. The molecular weight excluding hydrogens is 384 g/mol. The van der Waals surface area contributed by atoms with Gasteiger partial charge in [-0.25, -0.2) is 14.8 Å². The van der Waals surface area contributed by atoms with E-state index in [-0.39, 0.29) is 17.7 Å². The van der Waals surface area contributed by atoms with E-state index in [1.54, 1.807) is 9.47 Å². The average Bonchev–Trinajstić information content (AvgIpc) is 2.73. The molecule has 0 unspecified atom stereocenters. The van der Waals surface area contributed by atoms with Gasteiger partial charge in [-0.2, -0.15) is 0 Å². The maximum absolute atomic E-state index is 12.7. The van der Waals surface area contributed by atoms with E-state index in [9.17, 15) is 9.59 Å². The molecule has 162 valence electrons. The molecule has 0 N–H and O–H groups in total. The molecule has 2 aliphatic rings. The zero-order valence-corrected chi connectivity index (χ0v) is 18.0. The molecule has 2 aliphatic heterocycles. The van der Waals surface area contributed by atoms with Crippen LogP contribution in [0.3, 0.4) is 0 Å². The first-order valence-corrected chi connectivity index (χ1v) is 10.7. The lowest BCUT2D eigenvalue weighted by Crippen LogP contribution is -2.43. The van der Waals surface area contributed by atoms with Crippen molar-refractivity contribution >= 4 is 17.3 Å². The number of hydrogen-bond acceptors (Lipinski definition) is 6. The zero-order valence-electron chi connectivity index (χ0n) is 18.0. The maximum atomic E-state index is 12.7. The van der Waals surface area contributed by atoms with Crippen LogP contribution < -0.4 is 5.56 Å². The minimum Gasteiger partial charge on any atom is -0.444 e. The van der Waals surface area contributed by atoms with E-state index in [4.69, 9.17) is 9.47 Å². The Hall–Kier alpha value is -2.48. The van der Waals surface area contributed by atoms with E-state index in [0.29, 0.717) is 37.5 Å². The zero-order chi connectivity index (χ0) is 21.3. The molecule has 30 heavy (non-hydrogen) atoms. The summed E-state index contributed by atoms with van der Waals surface area (Å²) in [6.45, 7) is 8.23. The Morgan fingerprint density at radius 1 is 1.10 bits per heavy atom. The van der Waals surface area contributed by atoms with Crippen LogP contribution in [0.15, 0.2) is 23.3 Å². The molecule has 2 fully saturated rings. The van der Waals surface area contributed by atoms with Gasteiger partial charge in [0.1, 0.15) is 11.1 Å². The van der Waals surface area contributed by atoms with Crippen LogP contribution in [0.4, 0.5) is 4.79 Å². The summed E-state index contributed by atoms with van der Waals surface area (Å²) in [5.74, 6) is 0.426. The quantitative estimate of drug-likeness (QED) is 0.750. The van der Waals surface area contributed by atoms with Gasteiger partial charge in [-0.05, 0) is 64.0 Å². The summed E-state index contributed by atoms with van der Waals surface area (Å²) in [5.41, 5.74) is 1.85. The fourth-order valence-electron chi connectivity index (χ4n) is 4.27. The van der Waals surface area contributed by atoms with Crippen molar-refractivity contribution in [3.05, 3.63) is 34.4 Å². The summed E-state index contributed by atoms with van der Waals surface area (Å²) >= 11 is 0. The Labute approximate surface area is 176 Å². The highest BCUT2D eigenvalue weighted by atomic mass is 16.6. The topological polar surface area (TPSA) is 86.6 Å². The number of piperidine rings is 1. The van der Waals surface area contributed by atoms with Crippen LogP contribution in [-0.4, -0.2) is 57.4 Å². The largest absolute Gasteiger partial charge is 0.444 e. The van der Waals surface area contributed by atoms with Crippen LogP contribution in [0.2, 0.25) is 0 Å². The Morgan fingerprint density at radius 2 is 1.80 bits per heavy atom. The summed E-state index contributed by atoms with van der Waals surface area (Å²) in [7, 11) is 0. The average molecular weight is 415 g/mol. The third kappa shape index (κ3) is 4.48. The molecule has 0 radical (unpaired) electrons. The van der Waals surface area contributed by atoms with Crippen LogP contribution in [0.5, 0.6) is 0 Å². The summed E-state index contributed by atoms with van der Waals surface area (Å²) in [5, 5.41) is 0. The normalized spacial score (nSPS) is 19.2. The number of aromatic nitrogens is 3. The number of hydrogen-bond donors (Lipinski definition) is 0. The van der Waals surface area contributed by atoms with Crippen molar-refractivity contribution < 1.29 is 14.3 Å². The van der Waals surface area contributed by atoms with Crippen LogP contribution in [0.1, 0.15) is 64.0 Å². The van der Waals surface area contributed by atoms with Gasteiger partial charge in [0.2, 0.25) is 0 Å². The van der Waals surface area contributed by atoms with Crippen molar-refractivity contribution in [2.75, 3.05) is 26.3 Å². The van der Waals surface area contributed by atoms with Gasteiger partial charge < -0.3 is 14.4 Å². The highest BCUT2D eigenvalue weighted by Gasteiger charge is 2.29. The molecule has 2 saturated heterocycles. The molecule has 4 rings (SSSR count). The van der Waals surface area contributed by atoms with E-state index < -0.39 is 5.60 Å². The van der Waals surface area contributed by atoms with Crippen molar-refractivity contribution in [1.82, 2.24) is 19.4 Å². The number of fused-ring (bicyclic) bond motifs is 1. The number of nitrogens with zero attached hydrogens (tertiary/aromatic N) is 4. The second-order valence-corrected chi connectivity index (χ2v) is 9.16. The number of carbonyl (C=O) groups excluding carboxylic acids is 1. The van der Waals surface area contributed by atoms with E-state index >= 15 is 0 Å². The number of carbonyl (C=O) groups is 1. The molecule has 8 heteroatoms. The minimum atomic E-state index is -0.516. The third-order valence-electron chi connectivity index (χ3n) is 5.82. The van der Waals surface area contributed by atoms with Crippen LogP contribution in [-0.2, 0) is 9.47 Å². The van der Waals surface area contributed by atoms with E-state index in [2.05, 4.69) is 16.0 Å². The summed E-state index contributed by atoms with van der Waals surface area (Å²) < 4.78 is 12.7. The molecule has 0 aromatic carbocycles. The summed E-state index contributed by atoms with van der Waals surface area (Å²) in [4.78, 5) is 35.7. The van der Waals surface area contributed by atoms with Crippen LogP contribution >= 0.6 is 0 Å². The highest BCUT2D eigenvalue weighted by Crippen LogP contribution is 2.29. The third-order valence-corrected chi connectivity index (χ3v) is 5.82. The Morgan fingerprint density at radius 3 is 2.47 bits per heavy atom. The van der Waals surface area contributed by atoms with Crippen LogP contribution in [0, 0.1) is 0 Å². The number of rotatable bonds is 2. The van der Waals surface area contributed by atoms with Crippen molar-refractivity contribution in [2.45, 2.75) is 64.0 Å². The number of likely N-dealkylation sites (tertiary alicyclic amines) is 1. The van der Waals surface area contributed by atoms with E-state index in [1.165, 1.54) is 6.20 Å². The smallest absolute Gasteiger partial charge is 0.410 e. The molecular formula is C22H30N4O4. The lowest BCUT2D eigenvalue weighted by atomic mass is 9.93. The van der Waals surface area contributed by atoms with Crippen molar-refractivity contribution in [3.63, 3.8) is 0 Å². The predicted octanol–water partition coefficient (Wildman–Crippen LogP) is 3.26. The first kappa shape index (κ1) is 20.8. The summed E-state index contributed by atoms with van der Waals surface area (Å²) in [6, 6.07) is 2.05. The van der Waals surface area contributed by atoms with E-state index in [0.717, 1.165) is 37.1 Å². The summed E-state index contributed by atoms with van der Waals surface area (Å²) in [6.07, 6.45) is 6.30. The number of amides is 1. The van der Waals surface area contributed by atoms with Gasteiger partial charge in [-0.1, -0.05) is 0 Å². The van der Waals surface area contributed by atoms with Gasteiger partial charge in [0, 0.05) is 38.5 Å². The molecule has 8 nitrogen and oxygen atoms in total. The molecule has 0 atom stereocenters. The second-order valence-electron chi connectivity index (χ2n) is 9.16. The van der Waals surface area contributed by atoms with Gasteiger partial charge in [0.25, 0.3) is 5.56 Å². The van der Waals surface area contributed by atoms with Crippen molar-refractivity contribution in [3.8, 4) is 0 Å². The van der Waals surface area contributed by atoms with Gasteiger partial charge in [-0.3, -0.25) is 9.36 Å². The molecule has 0 saturated carbocycles. The SMILES string of the molecule is CC(C)(C)OC(=O)N1CCC(n2c(=O)cnc3cc(C4CCOCC4)cnc32)CC1. The van der Waals surface area contributed by atoms with Gasteiger partial charge >= 0.3 is 6.09 Å². The van der Waals surface area contributed by atoms with Crippen molar-refractivity contribution in [2.24, 2.45) is 0 Å².